The highest BCUT2D eigenvalue weighted by molar-refractivity contribution is 7.13. The number of aryl methyl sites for hydroxylation is 1. The molecule has 148 valence electrons. The third-order valence-electron chi connectivity index (χ3n) is 4.93. The van der Waals surface area contributed by atoms with Crippen molar-refractivity contribution in [3.8, 4) is 10.7 Å². The Morgan fingerprint density at radius 1 is 1.28 bits per heavy atom. The summed E-state index contributed by atoms with van der Waals surface area (Å²) in [5, 5.41) is 17.5. The van der Waals surface area contributed by atoms with Crippen LogP contribution in [0.15, 0.2) is 40.5 Å². The molecule has 0 aromatic carbocycles. The molecule has 0 radical (unpaired) electrons. The van der Waals surface area contributed by atoms with Gasteiger partial charge < -0.3 is 14.7 Å². The molecule has 1 saturated heterocycles. The van der Waals surface area contributed by atoms with Gasteiger partial charge in [-0.15, -0.1) is 11.3 Å². The summed E-state index contributed by atoms with van der Waals surface area (Å²) in [7, 11) is 0. The van der Waals surface area contributed by atoms with Crippen molar-refractivity contribution >= 4 is 28.9 Å². The average molecular weight is 408 g/mol. The molecule has 1 unspecified atom stereocenters. The number of thiazole rings is 1. The van der Waals surface area contributed by atoms with Crippen LogP contribution in [0.2, 0.25) is 0 Å². The Labute approximate surface area is 171 Å². The molecule has 1 atom stereocenters. The number of nitrogens with zero attached hydrogens (tertiary/aromatic N) is 6. The molecule has 1 aliphatic rings. The number of aromatic amines is 1. The van der Waals surface area contributed by atoms with E-state index in [0.717, 1.165) is 53.8 Å². The van der Waals surface area contributed by atoms with Gasteiger partial charge in [0.05, 0.1) is 6.04 Å². The van der Waals surface area contributed by atoms with Crippen molar-refractivity contribution in [2.75, 3.05) is 16.8 Å². The van der Waals surface area contributed by atoms with E-state index in [9.17, 15) is 0 Å². The lowest BCUT2D eigenvalue weighted by Crippen LogP contribution is -2.24. The van der Waals surface area contributed by atoms with Crippen LogP contribution in [0.3, 0.4) is 0 Å². The van der Waals surface area contributed by atoms with Gasteiger partial charge in [-0.3, -0.25) is 5.10 Å². The molecule has 10 heteroatoms. The SMILES string of the molecule is CCc1cc(Nc2ccnc(N3CCCC3c3cc(-c4nccs4)no3)n2)n[nH]1. The summed E-state index contributed by atoms with van der Waals surface area (Å²) in [5.41, 5.74) is 1.84. The summed E-state index contributed by atoms with van der Waals surface area (Å²) >= 11 is 1.55. The lowest BCUT2D eigenvalue weighted by atomic mass is 10.1. The van der Waals surface area contributed by atoms with Gasteiger partial charge in [0.25, 0.3) is 0 Å². The third-order valence-corrected chi connectivity index (χ3v) is 5.72. The van der Waals surface area contributed by atoms with Crippen molar-refractivity contribution in [3.63, 3.8) is 0 Å². The topological polar surface area (TPSA) is 109 Å². The van der Waals surface area contributed by atoms with E-state index in [0.29, 0.717) is 11.8 Å². The normalized spacial score (nSPS) is 16.4. The number of anilines is 3. The van der Waals surface area contributed by atoms with Crippen molar-refractivity contribution in [2.24, 2.45) is 0 Å². The quantitative estimate of drug-likeness (QED) is 0.493. The van der Waals surface area contributed by atoms with E-state index in [-0.39, 0.29) is 6.04 Å². The Balaban J connectivity index is 1.37. The predicted molar refractivity (Wildman–Crippen MR) is 110 cm³/mol. The van der Waals surface area contributed by atoms with E-state index in [1.165, 1.54) is 0 Å². The molecule has 0 amide bonds. The molecular weight excluding hydrogens is 388 g/mol. The van der Waals surface area contributed by atoms with Gasteiger partial charge in [0, 0.05) is 42.1 Å². The van der Waals surface area contributed by atoms with Gasteiger partial charge in [-0.05, 0) is 25.3 Å². The summed E-state index contributed by atoms with van der Waals surface area (Å²) in [4.78, 5) is 15.7. The molecule has 1 aliphatic heterocycles. The fourth-order valence-electron chi connectivity index (χ4n) is 3.49. The fourth-order valence-corrected chi connectivity index (χ4v) is 4.08. The second-order valence-electron chi connectivity index (χ2n) is 6.80. The van der Waals surface area contributed by atoms with Crippen LogP contribution in [-0.2, 0) is 6.42 Å². The standard InChI is InChI=1S/C19H20N8OS/c1-2-12-10-17(25-24-12)22-16-5-6-21-19(23-16)27-8-3-4-14(27)15-11-13(26-28-15)18-20-7-9-29-18/h5-7,9-11,14H,2-4,8H2,1H3,(H2,21,22,23,24,25). The van der Waals surface area contributed by atoms with Crippen LogP contribution < -0.4 is 10.2 Å². The summed E-state index contributed by atoms with van der Waals surface area (Å²) in [6, 6.07) is 5.85. The van der Waals surface area contributed by atoms with E-state index < -0.39 is 0 Å². The molecule has 0 aliphatic carbocycles. The average Bonchev–Trinajstić information content (AvgIpc) is 3.54. The number of rotatable bonds is 6. The maximum atomic E-state index is 5.65. The zero-order valence-corrected chi connectivity index (χ0v) is 16.7. The maximum absolute atomic E-state index is 5.65. The predicted octanol–water partition coefficient (Wildman–Crippen LogP) is 3.96. The van der Waals surface area contributed by atoms with Gasteiger partial charge in [-0.25, -0.2) is 9.97 Å². The van der Waals surface area contributed by atoms with Crippen molar-refractivity contribution in [1.29, 1.82) is 0 Å². The molecule has 0 saturated carbocycles. The molecule has 4 aromatic rings. The van der Waals surface area contributed by atoms with Crippen molar-refractivity contribution < 1.29 is 4.52 Å². The molecule has 4 aromatic heterocycles. The highest BCUT2D eigenvalue weighted by Crippen LogP contribution is 2.36. The minimum atomic E-state index is 0.0588. The maximum Gasteiger partial charge on any atom is 0.227 e. The zero-order chi connectivity index (χ0) is 19.6. The lowest BCUT2D eigenvalue weighted by molar-refractivity contribution is 0.362. The first-order valence-corrected chi connectivity index (χ1v) is 10.5. The van der Waals surface area contributed by atoms with Gasteiger partial charge >= 0.3 is 0 Å². The van der Waals surface area contributed by atoms with Crippen LogP contribution in [0.25, 0.3) is 10.7 Å². The van der Waals surface area contributed by atoms with Crippen LogP contribution in [0.5, 0.6) is 0 Å². The lowest BCUT2D eigenvalue weighted by Gasteiger charge is -2.22. The van der Waals surface area contributed by atoms with Gasteiger partial charge in [0.2, 0.25) is 5.95 Å². The second kappa shape index (κ2) is 7.63. The van der Waals surface area contributed by atoms with E-state index in [2.05, 4.69) is 42.5 Å². The van der Waals surface area contributed by atoms with Crippen LogP contribution in [0, 0.1) is 0 Å². The van der Waals surface area contributed by atoms with Crippen LogP contribution in [0.1, 0.15) is 37.3 Å². The number of hydrogen-bond donors (Lipinski definition) is 2. The minimum absolute atomic E-state index is 0.0588. The van der Waals surface area contributed by atoms with E-state index in [4.69, 9.17) is 9.51 Å². The monoisotopic (exact) mass is 408 g/mol. The van der Waals surface area contributed by atoms with Gasteiger partial charge in [0.15, 0.2) is 11.6 Å². The van der Waals surface area contributed by atoms with E-state index in [1.54, 1.807) is 23.7 Å². The molecule has 0 bridgehead atoms. The number of H-pyrrole nitrogens is 1. The number of aromatic nitrogens is 6. The Morgan fingerprint density at radius 3 is 3.07 bits per heavy atom. The Morgan fingerprint density at radius 2 is 2.24 bits per heavy atom. The van der Waals surface area contributed by atoms with Crippen molar-refractivity contribution in [1.82, 2.24) is 30.3 Å². The first-order valence-electron chi connectivity index (χ1n) is 9.57. The van der Waals surface area contributed by atoms with Crippen LogP contribution in [0.4, 0.5) is 17.6 Å². The Hall–Kier alpha value is -3.27. The zero-order valence-electron chi connectivity index (χ0n) is 15.9. The number of hydrogen-bond acceptors (Lipinski definition) is 9. The number of nitrogens with one attached hydrogen (secondary N) is 2. The summed E-state index contributed by atoms with van der Waals surface area (Å²) in [5.74, 6) is 2.93. The molecule has 5 heterocycles. The second-order valence-corrected chi connectivity index (χ2v) is 7.70. The highest BCUT2D eigenvalue weighted by atomic mass is 32.1. The van der Waals surface area contributed by atoms with Gasteiger partial charge in [0.1, 0.15) is 16.5 Å². The molecule has 29 heavy (non-hydrogen) atoms. The van der Waals surface area contributed by atoms with Gasteiger partial charge in [-0.1, -0.05) is 12.1 Å². The van der Waals surface area contributed by atoms with E-state index in [1.807, 2.05) is 23.6 Å². The first-order chi connectivity index (χ1) is 14.3. The van der Waals surface area contributed by atoms with Crippen LogP contribution >= 0.6 is 11.3 Å². The third kappa shape index (κ3) is 3.58. The molecule has 9 nitrogen and oxygen atoms in total. The van der Waals surface area contributed by atoms with Crippen molar-refractivity contribution in [2.45, 2.75) is 32.2 Å². The van der Waals surface area contributed by atoms with Gasteiger partial charge in [-0.2, -0.15) is 10.1 Å². The van der Waals surface area contributed by atoms with Crippen LogP contribution in [-0.4, -0.2) is 36.9 Å². The summed E-state index contributed by atoms with van der Waals surface area (Å²) in [6.07, 6.45) is 6.43. The largest absolute Gasteiger partial charge is 0.358 e. The molecular formula is C19H20N8OS. The molecule has 5 rings (SSSR count). The fraction of sp³-hybridized carbons (Fsp3) is 0.316. The van der Waals surface area contributed by atoms with Crippen molar-refractivity contribution in [3.05, 3.63) is 47.4 Å². The summed E-state index contributed by atoms with van der Waals surface area (Å²) in [6.45, 7) is 2.95. The first kappa shape index (κ1) is 17.8. The van der Waals surface area contributed by atoms with E-state index >= 15 is 0 Å². The smallest absolute Gasteiger partial charge is 0.227 e. The molecule has 2 N–H and O–H groups in total. The summed E-state index contributed by atoms with van der Waals surface area (Å²) < 4.78 is 5.65. The Kier molecular flexibility index (Phi) is 4.68. The molecule has 1 fully saturated rings. The minimum Gasteiger partial charge on any atom is -0.358 e. The Bertz CT molecular complexity index is 1090. The highest BCUT2D eigenvalue weighted by Gasteiger charge is 2.31. The molecule has 0 spiro atoms.